The minimum atomic E-state index is -2.65. The van der Waals surface area contributed by atoms with Gasteiger partial charge < -0.3 is 26.2 Å². The van der Waals surface area contributed by atoms with Gasteiger partial charge in [-0.2, -0.15) is 0 Å². The molecule has 0 heterocycles. The number of amides is 1. The van der Waals surface area contributed by atoms with Crippen molar-refractivity contribution in [1.82, 2.24) is 4.90 Å². The number of likely N-dealkylation sites (N-methyl/N-ethyl adjacent to an activating group) is 1. The van der Waals surface area contributed by atoms with Gasteiger partial charge in [-0.05, 0) is 87.7 Å². The number of rotatable bonds is 3. The molecule has 1 saturated carbocycles. The molecule has 40 heavy (non-hydrogen) atoms. The van der Waals surface area contributed by atoms with Crippen molar-refractivity contribution >= 4 is 23.2 Å². The van der Waals surface area contributed by atoms with E-state index < -0.39 is 58.0 Å². The fourth-order valence-corrected chi connectivity index (χ4v) is 6.90. The van der Waals surface area contributed by atoms with Crippen LogP contribution in [0.1, 0.15) is 61.3 Å². The Labute approximate surface area is 232 Å². The first-order valence-corrected chi connectivity index (χ1v) is 13.7. The van der Waals surface area contributed by atoms with Crippen LogP contribution in [0, 0.1) is 23.7 Å². The van der Waals surface area contributed by atoms with Gasteiger partial charge in [-0.1, -0.05) is 24.8 Å². The Morgan fingerprint density at radius 2 is 1.90 bits per heavy atom. The van der Waals surface area contributed by atoms with Crippen LogP contribution in [0.5, 0.6) is 5.75 Å². The molecule has 1 aromatic carbocycles. The minimum Gasteiger partial charge on any atom is -0.508 e. The molecule has 4 atom stereocenters. The van der Waals surface area contributed by atoms with Gasteiger partial charge in [0, 0.05) is 11.5 Å². The normalized spacial score (nSPS) is 27.9. The Kier molecular flexibility index (Phi) is 6.89. The van der Waals surface area contributed by atoms with Crippen molar-refractivity contribution in [3.8, 4) is 17.6 Å². The minimum absolute atomic E-state index is 0.0609. The number of fused-ring (bicyclic) bond motifs is 3. The summed E-state index contributed by atoms with van der Waals surface area (Å²) in [5, 5.41) is 45.5. The van der Waals surface area contributed by atoms with Crippen molar-refractivity contribution < 1.29 is 34.8 Å². The molecule has 210 valence electrons. The van der Waals surface area contributed by atoms with Crippen LogP contribution in [0.2, 0.25) is 0 Å². The van der Waals surface area contributed by atoms with Crippen LogP contribution in [0.15, 0.2) is 34.6 Å². The second-order valence-electron chi connectivity index (χ2n) is 11.3. The van der Waals surface area contributed by atoms with E-state index in [2.05, 4.69) is 17.9 Å². The Morgan fingerprint density at radius 3 is 2.50 bits per heavy atom. The van der Waals surface area contributed by atoms with Crippen molar-refractivity contribution in [1.29, 1.82) is 0 Å². The highest BCUT2D eigenvalue weighted by Gasteiger charge is 2.64. The molecule has 0 bridgehead atoms. The van der Waals surface area contributed by atoms with Crippen LogP contribution < -0.4 is 5.73 Å². The molecule has 4 aliphatic rings. The lowest BCUT2D eigenvalue weighted by atomic mass is 9.57. The number of primary amides is 1. The number of benzene rings is 1. The van der Waals surface area contributed by atoms with Gasteiger partial charge >= 0.3 is 0 Å². The molecule has 0 aromatic heterocycles. The molecule has 0 spiro atoms. The van der Waals surface area contributed by atoms with Gasteiger partial charge in [0.1, 0.15) is 22.8 Å². The number of hydrogen-bond donors (Lipinski definition) is 5. The maximum absolute atomic E-state index is 14.0. The molecule has 6 N–H and O–H groups in total. The Bertz CT molecular complexity index is 1500. The number of ketones is 2. The van der Waals surface area contributed by atoms with E-state index in [1.54, 1.807) is 14.1 Å². The molecule has 5 rings (SSSR count). The molecule has 9 heteroatoms. The zero-order chi connectivity index (χ0) is 29.1. The number of aromatic hydroxyl groups is 1. The molecule has 1 aromatic rings. The summed E-state index contributed by atoms with van der Waals surface area (Å²) in [6.07, 6.45) is 7.00. The lowest BCUT2D eigenvalue weighted by Gasteiger charge is -2.50. The Balaban J connectivity index is 1.69. The maximum Gasteiger partial charge on any atom is 0.255 e. The number of aryl methyl sites for hydroxylation is 1. The molecule has 0 saturated heterocycles. The summed E-state index contributed by atoms with van der Waals surface area (Å²) in [6.45, 7) is 1.95. The lowest BCUT2D eigenvalue weighted by Crippen LogP contribution is -2.65. The zero-order valence-corrected chi connectivity index (χ0v) is 22.9. The summed E-state index contributed by atoms with van der Waals surface area (Å²) in [4.78, 5) is 40.8. The van der Waals surface area contributed by atoms with Gasteiger partial charge in [0.25, 0.3) is 5.91 Å². The van der Waals surface area contributed by atoms with Crippen molar-refractivity contribution in [2.75, 3.05) is 14.1 Å². The van der Waals surface area contributed by atoms with Crippen LogP contribution >= 0.6 is 0 Å². The monoisotopic (exact) mass is 546 g/mol. The predicted octanol–water partition coefficient (Wildman–Crippen LogP) is 2.38. The summed E-state index contributed by atoms with van der Waals surface area (Å²) < 4.78 is 0. The van der Waals surface area contributed by atoms with Gasteiger partial charge in [0.2, 0.25) is 5.78 Å². The van der Waals surface area contributed by atoms with Crippen LogP contribution in [-0.2, 0) is 27.2 Å². The van der Waals surface area contributed by atoms with E-state index in [-0.39, 0.29) is 29.7 Å². The van der Waals surface area contributed by atoms with Crippen LogP contribution in [0.25, 0.3) is 5.76 Å². The van der Waals surface area contributed by atoms with E-state index in [0.717, 1.165) is 36.8 Å². The molecule has 1 fully saturated rings. The average Bonchev–Trinajstić information content (AvgIpc) is 2.90. The van der Waals surface area contributed by atoms with Crippen molar-refractivity contribution in [3.05, 3.63) is 56.9 Å². The molecule has 1 amide bonds. The van der Waals surface area contributed by atoms with Crippen molar-refractivity contribution in [2.45, 2.75) is 63.5 Å². The van der Waals surface area contributed by atoms with E-state index >= 15 is 0 Å². The standard InChI is InChI=1S/C31H34N2O7/c1-4-16-12-17(11-10-15-8-6-5-7-9-15)25(34)22-19(16)13-18-14-20-24(33(2)3)27(36)23(30(32)39)29(38)31(20,40)28(37)21(18)26(22)35/h8,12,18,20,24,34-35,38,40H,4-7,9,13-14H2,1-3H3,(H2,32,39). The summed E-state index contributed by atoms with van der Waals surface area (Å²) in [5.74, 6) is -0.436. The third-order valence-electron chi connectivity index (χ3n) is 8.84. The highest BCUT2D eigenvalue weighted by atomic mass is 16.3. The number of aliphatic hydroxyl groups is 3. The number of nitrogens with zero attached hydrogens (tertiary/aromatic N) is 1. The fourth-order valence-electron chi connectivity index (χ4n) is 6.90. The predicted molar refractivity (Wildman–Crippen MR) is 147 cm³/mol. The van der Waals surface area contributed by atoms with E-state index in [0.29, 0.717) is 17.5 Å². The van der Waals surface area contributed by atoms with Gasteiger partial charge in [-0.25, -0.2) is 0 Å². The number of aliphatic hydroxyl groups excluding tert-OH is 2. The third-order valence-corrected chi connectivity index (χ3v) is 8.84. The van der Waals surface area contributed by atoms with E-state index in [4.69, 9.17) is 5.73 Å². The molecule has 4 unspecified atom stereocenters. The maximum atomic E-state index is 14.0. The number of Topliss-reactive ketones (excluding diaryl/α,β-unsaturated/α-hetero) is 2. The SMILES string of the molecule is CCc1cc(C#CC2=CCCCC2)c(O)c2c1CC1CC3C(N(C)C)C(=O)C(C(N)=O)=C(O)C3(O)C(=O)C1=C2O. The number of phenolic OH excluding ortho intramolecular Hbond substituents is 1. The van der Waals surface area contributed by atoms with Crippen LogP contribution in [-0.4, -0.2) is 68.5 Å². The average molecular weight is 547 g/mol. The molecule has 0 radical (unpaired) electrons. The van der Waals surface area contributed by atoms with Gasteiger partial charge in [0.15, 0.2) is 11.4 Å². The van der Waals surface area contributed by atoms with Gasteiger partial charge in [-0.15, -0.1) is 0 Å². The molecular formula is C31H34N2O7. The quantitative estimate of drug-likeness (QED) is 0.285. The molecule has 9 nitrogen and oxygen atoms in total. The number of carbonyl (C=O) groups is 3. The van der Waals surface area contributed by atoms with E-state index in [9.17, 15) is 34.8 Å². The first-order chi connectivity index (χ1) is 18.9. The van der Waals surface area contributed by atoms with Crippen LogP contribution in [0.4, 0.5) is 0 Å². The first kappa shape index (κ1) is 27.7. The Hall–Kier alpha value is -3.87. The second kappa shape index (κ2) is 9.95. The second-order valence-corrected chi connectivity index (χ2v) is 11.3. The fraction of sp³-hybridized carbons (Fsp3) is 0.452. The van der Waals surface area contributed by atoms with Gasteiger partial charge in [0.05, 0.1) is 17.2 Å². The highest BCUT2D eigenvalue weighted by molar-refractivity contribution is 6.24. The summed E-state index contributed by atoms with van der Waals surface area (Å²) in [7, 11) is 3.15. The van der Waals surface area contributed by atoms with Crippen molar-refractivity contribution in [2.24, 2.45) is 17.6 Å². The van der Waals surface area contributed by atoms with Crippen LogP contribution in [0.3, 0.4) is 0 Å². The molecule has 0 aliphatic heterocycles. The zero-order valence-electron chi connectivity index (χ0n) is 22.9. The van der Waals surface area contributed by atoms with E-state index in [1.165, 1.54) is 4.90 Å². The summed E-state index contributed by atoms with van der Waals surface area (Å²) in [6, 6.07) is 0.702. The first-order valence-electron chi connectivity index (χ1n) is 13.7. The number of carbonyl (C=O) groups excluding carboxylic acids is 3. The lowest BCUT2D eigenvalue weighted by molar-refractivity contribution is -0.153. The molecule has 4 aliphatic carbocycles. The molecular weight excluding hydrogens is 512 g/mol. The topological polar surface area (TPSA) is 161 Å². The van der Waals surface area contributed by atoms with Crippen molar-refractivity contribution in [3.63, 3.8) is 0 Å². The van der Waals surface area contributed by atoms with Gasteiger partial charge in [-0.3, -0.25) is 19.3 Å². The summed E-state index contributed by atoms with van der Waals surface area (Å²) >= 11 is 0. The third kappa shape index (κ3) is 3.97. The highest BCUT2D eigenvalue weighted by Crippen LogP contribution is 2.53. The summed E-state index contributed by atoms with van der Waals surface area (Å²) in [5.41, 5.74) is 4.67. The number of phenols is 1. The number of nitrogens with two attached hydrogens (primary N) is 1. The number of hydrogen-bond acceptors (Lipinski definition) is 8. The van der Waals surface area contributed by atoms with E-state index in [1.807, 2.05) is 13.0 Å². The smallest absolute Gasteiger partial charge is 0.255 e. The Morgan fingerprint density at radius 1 is 1.18 bits per heavy atom. The largest absolute Gasteiger partial charge is 0.508 e. The number of allylic oxidation sites excluding steroid dienone is 2.